The standard InChI is InChI=1S/C65H52F27N8/c1-54(66,67)59(76,77)55(68,69)26-10-34-97-30-6-2-14-46(97)50-38-18-20-40(93-38)51(47-15-3-7-31-98(47)35-11-27-56(70,71)60(78,79)63(84,85)86)42-22-24-44(95-42)53(49-17-5-9-33-100(49)37-13-29-58(74,75)62(82,83)65(90,91)92)45-25-23-43(96-45)52(41-21-19-39(50)94-41)48-16-4-8-32-99(48)36-12-28-57(72,73)61(80,81)64(87,88)89/h2-9,14-25,30-33H,10-13,26-29,34-37H2,1H3,(H,93,94,95,96)/q+3/p+1. The lowest BCUT2D eigenvalue weighted by molar-refractivity contribution is -0.687. The van der Waals surface area contributed by atoms with Crippen LogP contribution in [0.4, 0.5) is 119 Å². The van der Waals surface area contributed by atoms with Gasteiger partial charge in [-0.1, -0.05) is 0 Å². The summed E-state index contributed by atoms with van der Waals surface area (Å²) in [6.45, 7) is -3.21. The molecule has 0 aromatic carbocycles. The van der Waals surface area contributed by atoms with Crippen molar-refractivity contribution in [3.05, 3.63) is 145 Å². The van der Waals surface area contributed by atoms with E-state index >= 15 is 8.78 Å². The van der Waals surface area contributed by atoms with Crippen molar-refractivity contribution in [2.75, 3.05) is 0 Å². The number of nitrogens with one attached hydrogen (secondary N) is 2. The smallest absolute Gasteiger partial charge is 0.354 e. The van der Waals surface area contributed by atoms with Crippen LogP contribution in [0, 0.1) is 0 Å². The maximum atomic E-state index is 15.1. The second-order valence-electron chi connectivity index (χ2n) is 23.5. The summed E-state index contributed by atoms with van der Waals surface area (Å²) in [5.74, 6) is -52.8. The highest BCUT2D eigenvalue weighted by Crippen LogP contribution is 2.52. The van der Waals surface area contributed by atoms with Gasteiger partial charge in [-0.05, 0) is 72.8 Å². The molecule has 0 aliphatic carbocycles. The predicted octanol–water partition coefficient (Wildman–Crippen LogP) is 19.0. The van der Waals surface area contributed by atoms with Crippen molar-refractivity contribution in [1.82, 2.24) is 19.9 Å². The number of halogens is 27. The third-order valence-corrected chi connectivity index (χ3v) is 16.6. The number of pyridine rings is 4. The normalized spacial score (nSPS) is 14.2. The first-order valence-corrected chi connectivity index (χ1v) is 29.9. The van der Waals surface area contributed by atoms with Gasteiger partial charge in [-0.25, -0.2) is 9.97 Å². The van der Waals surface area contributed by atoms with Crippen LogP contribution in [-0.4, -0.2) is 91.8 Å². The van der Waals surface area contributed by atoms with E-state index in [0.717, 1.165) is 4.57 Å². The second kappa shape index (κ2) is 27.0. The van der Waals surface area contributed by atoms with Crippen molar-refractivity contribution in [3.63, 3.8) is 0 Å². The van der Waals surface area contributed by atoms with Gasteiger partial charge in [0.1, 0.15) is 26.2 Å². The lowest BCUT2D eigenvalue weighted by atomic mass is 10.0. The van der Waals surface area contributed by atoms with Crippen molar-refractivity contribution in [2.45, 2.75) is 156 Å². The minimum atomic E-state index is -6.69. The number of H-pyrrole nitrogens is 2. The Morgan fingerprint density at radius 2 is 0.500 bits per heavy atom. The molecule has 0 saturated carbocycles. The molecule has 8 nitrogen and oxygen atoms in total. The molecule has 2 aliphatic rings. The van der Waals surface area contributed by atoms with Crippen molar-refractivity contribution >= 4 is 46.4 Å². The molecule has 0 radical (unpaired) electrons. The molecule has 7 aromatic heterocycles. The zero-order valence-electron chi connectivity index (χ0n) is 51.2. The highest BCUT2D eigenvalue weighted by molar-refractivity contribution is 5.97. The number of nitrogens with zero attached hydrogens (tertiary/aromatic N) is 6. The van der Waals surface area contributed by atoms with E-state index < -0.39 is 156 Å². The van der Waals surface area contributed by atoms with E-state index in [4.69, 9.17) is 9.97 Å². The summed E-state index contributed by atoms with van der Waals surface area (Å²) >= 11 is 0. The Balaban J connectivity index is 1.35. The molecule has 7 aromatic rings. The van der Waals surface area contributed by atoms with Gasteiger partial charge < -0.3 is 9.97 Å². The average Bonchev–Trinajstić information content (AvgIpc) is 1.42. The van der Waals surface area contributed by atoms with Crippen LogP contribution in [-0.2, 0) is 26.2 Å². The maximum absolute atomic E-state index is 15.1. The van der Waals surface area contributed by atoms with E-state index in [1.54, 1.807) is 0 Å². The molecule has 0 amide bonds. The molecule has 0 spiro atoms. The quantitative estimate of drug-likeness (QED) is 0.0442. The Kier molecular flexibility index (Phi) is 20.4. The van der Waals surface area contributed by atoms with Gasteiger partial charge in [0.25, 0.3) is 0 Å². The molecule has 2 aliphatic heterocycles. The number of aromatic amines is 2. The molecule has 538 valence electrons. The largest absolute Gasteiger partial charge is 0.459 e. The average molecular weight is 1460 g/mol. The highest BCUT2D eigenvalue weighted by Gasteiger charge is 2.74. The topological polar surface area (TPSA) is 72.9 Å². The van der Waals surface area contributed by atoms with Crippen molar-refractivity contribution in [2.24, 2.45) is 0 Å². The SMILES string of the molecule is CC(F)(F)C(F)(F)C(F)(F)CCC[n+]1ccccc1-c1c2nc(c(-c3cccc[n+]3CCCC(F)(F)C(F)(F)C(F)(F)F)c3ccc([nH]3)c(-c3cccc[n+]3CCCC(F)(F)C(F)(F)C(F)(F)F)c3nc(c(-c4cccc[n+]4CCCC(F)(F)C(F)(F)C(F)(F)F)c4ccc1[nH]4)C=C3)C=C2. The Hall–Kier alpha value is -8.69. The summed E-state index contributed by atoms with van der Waals surface area (Å²) in [5, 5.41) is 0. The van der Waals surface area contributed by atoms with Crippen LogP contribution in [0.1, 0.15) is 81.1 Å². The van der Waals surface area contributed by atoms with Gasteiger partial charge in [0, 0.05) is 107 Å². The van der Waals surface area contributed by atoms with Gasteiger partial charge in [0.05, 0.1) is 67.1 Å². The molecular weight excluding hydrogens is 1410 g/mol. The molecule has 9 rings (SSSR count). The molecule has 0 atom stereocenters. The van der Waals surface area contributed by atoms with Gasteiger partial charge >= 0.3 is 71.8 Å². The first-order valence-electron chi connectivity index (χ1n) is 29.9. The second-order valence-corrected chi connectivity index (χ2v) is 23.5. The van der Waals surface area contributed by atoms with Crippen LogP contribution in [0.15, 0.2) is 122 Å². The Morgan fingerprint density at radius 1 is 0.290 bits per heavy atom. The van der Waals surface area contributed by atoms with Gasteiger partial charge in [0.15, 0.2) is 24.8 Å². The molecule has 100 heavy (non-hydrogen) atoms. The number of hydrogen-bond donors (Lipinski definition) is 2. The fourth-order valence-corrected chi connectivity index (χ4v) is 11.3. The molecule has 0 saturated heterocycles. The van der Waals surface area contributed by atoms with E-state index in [1.165, 1.54) is 160 Å². The van der Waals surface area contributed by atoms with Gasteiger partial charge in [0.2, 0.25) is 22.8 Å². The molecule has 0 unspecified atom stereocenters. The van der Waals surface area contributed by atoms with Crippen molar-refractivity contribution in [3.8, 4) is 45.0 Å². The van der Waals surface area contributed by atoms with Crippen LogP contribution in [0.3, 0.4) is 0 Å². The number of aromatic nitrogens is 8. The molecule has 35 heteroatoms. The zero-order chi connectivity index (χ0) is 73.8. The van der Waals surface area contributed by atoms with Crippen LogP contribution in [0.25, 0.3) is 91.4 Å². The van der Waals surface area contributed by atoms with Gasteiger partial charge in [-0.15, -0.1) is 0 Å². The minimum Gasteiger partial charge on any atom is -0.354 e. The molecule has 2 N–H and O–H groups in total. The van der Waals surface area contributed by atoms with Crippen LogP contribution in [0.2, 0.25) is 0 Å². The van der Waals surface area contributed by atoms with E-state index in [-0.39, 0.29) is 89.9 Å². The van der Waals surface area contributed by atoms with E-state index in [1.807, 2.05) is 0 Å². The van der Waals surface area contributed by atoms with E-state index in [9.17, 15) is 110 Å². The fraction of sp³-hybridized carbons (Fsp3) is 0.385. The molecular formula is C65H53F27N8+4. The lowest BCUT2D eigenvalue weighted by Gasteiger charge is -2.30. The lowest BCUT2D eigenvalue weighted by Crippen LogP contribution is -2.52. The number of fused-ring (bicyclic) bond motifs is 8. The van der Waals surface area contributed by atoms with Gasteiger partial charge in [-0.3, -0.25) is 0 Å². The summed E-state index contributed by atoms with van der Waals surface area (Å²) in [5.41, 5.74) is -1.12. The van der Waals surface area contributed by atoms with Crippen molar-refractivity contribution in [1.29, 1.82) is 0 Å². The first kappa shape index (κ1) is 75.5. The van der Waals surface area contributed by atoms with Gasteiger partial charge in [-0.2, -0.15) is 137 Å². The monoisotopic (exact) mass is 1460 g/mol. The fourth-order valence-electron chi connectivity index (χ4n) is 11.3. The molecule has 8 bridgehead atoms. The van der Waals surface area contributed by atoms with E-state index in [2.05, 4.69) is 9.97 Å². The summed E-state index contributed by atoms with van der Waals surface area (Å²) in [4.78, 5) is 16.2. The summed E-state index contributed by atoms with van der Waals surface area (Å²) in [6, 6.07) is 21.6. The number of aryl methyl sites for hydroxylation is 4. The third-order valence-electron chi connectivity index (χ3n) is 16.6. The number of rotatable bonds is 25. The molecule has 0 fully saturated rings. The third kappa shape index (κ3) is 14.5. The first-order chi connectivity index (χ1) is 46.2. The van der Waals surface area contributed by atoms with Crippen LogP contribution < -0.4 is 18.3 Å². The van der Waals surface area contributed by atoms with E-state index in [0.29, 0.717) is 0 Å². The summed E-state index contributed by atoms with van der Waals surface area (Å²) < 4.78 is 386. The van der Waals surface area contributed by atoms with Crippen molar-refractivity contribution < 1.29 is 137 Å². The van der Waals surface area contributed by atoms with Crippen LogP contribution in [0.5, 0.6) is 0 Å². The van der Waals surface area contributed by atoms with Crippen LogP contribution >= 0.6 is 0 Å². The Morgan fingerprint density at radius 3 is 0.700 bits per heavy atom. The maximum Gasteiger partial charge on any atom is 0.459 e. The number of hydrogen-bond acceptors (Lipinski definition) is 2. The predicted molar refractivity (Wildman–Crippen MR) is 307 cm³/mol. The highest BCUT2D eigenvalue weighted by atomic mass is 19.4. The Bertz CT molecular complexity index is 3840. The zero-order valence-corrected chi connectivity index (χ0v) is 51.2. The molecule has 9 heterocycles. The summed E-state index contributed by atoms with van der Waals surface area (Å²) in [6.07, 6.45) is -21.9. The number of alkyl halides is 27. The summed E-state index contributed by atoms with van der Waals surface area (Å²) in [7, 11) is 0. The minimum absolute atomic E-state index is 0.0116. The Labute approximate surface area is 547 Å².